The third kappa shape index (κ3) is 1.74. The van der Waals surface area contributed by atoms with Crippen LogP contribution in [-0.2, 0) is 12.8 Å². The molecule has 0 heterocycles. The molecule has 0 bridgehead atoms. The molecule has 0 atom stereocenters. The zero-order chi connectivity index (χ0) is 10.3. The number of hydrogen-bond donors (Lipinski definition) is 1. The first-order chi connectivity index (χ1) is 7.27. The number of nitrogens with two attached hydrogens (primary N) is 1. The molecule has 0 aliphatic heterocycles. The van der Waals surface area contributed by atoms with Gasteiger partial charge >= 0.3 is 0 Å². The third-order valence-corrected chi connectivity index (χ3v) is 3.51. The largest absolute Gasteiger partial charge is 0.491 e. The third-order valence-electron chi connectivity index (χ3n) is 3.51. The van der Waals surface area contributed by atoms with Crippen LogP contribution >= 0.6 is 0 Å². The summed E-state index contributed by atoms with van der Waals surface area (Å²) in [6.07, 6.45) is 5.87. The highest BCUT2D eigenvalue weighted by Crippen LogP contribution is 2.35. The Labute approximate surface area is 90.4 Å². The molecule has 2 aliphatic rings. The van der Waals surface area contributed by atoms with Gasteiger partial charge in [-0.05, 0) is 49.3 Å². The van der Waals surface area contributed by atoms with E-state index in [4.69, 9.17) is 10.5 Å². The van der Waals surface area contributed by atoms with Crippen LogP contribution in [0, 0.1) is 0 Å². The number of rotatable bonds is 3. The van der Waals surface area contributed by atoms with E-state index in [-0.39, 0.29) is 5.54 Å². The molecular weight excluding hydrogens is 186 g/mol. The highest BCUT2D eigenvalue weighted by atomic mass is 16.5. The number of fused-ring (bicyclic) bond motifs is 1. The predicted octanol–water partition coefficient (Wildman–Crippen LogP) is 2.05. The van der Waals surface area contributed by atoms with Crippen LogP contribution in [-0.4, -0.2) is 12.1 Å². The molecule has 0 aromatic heterocycles. The second kappa shape index (κ2) is 3.24. The Morgan fingerprint density at radius 1 is 1.27 bits per heavy atom. The average Bonchev–Trinajstić information content (AvgIpc) is 2.80. The minimum Gasteiger partial charge on any atom is -0.491 e. The molecule has 0 saturated heterocycles. The SMILES string of the molecule is NC1(COc2cccc3c2CCC3)CC1. The Morgan fingerprint density at radius 2 is 2.13 bits per heavy atom. The van der Waals surface area contributed by atoms with Gasteiger partial charge in [0.15, 0.2) is 0 Å². The standard InChI is InChI=1S/C13H17NO/c14-13(7-8-13)9-15-12-6-2-4-10-3-1-5-11(10)12/h2,4,6H,1,3,5,7-9,14H2. The van der Waals surface area contributed by atoms with Gasteiger partial charge in [0.2, 0.25) is 0 Å². The summed E-state index contributed by atoms with van der Waals surface area (Å²) in [5, 5.41) is 0. The molecule has 1 fully saturated rings. The van der Waals surface area contributed by atoms with Crippen molar-refractivity contribution in [3.05, 3.63) is 29.3 Å². The van der Waals surface area contributed by atoms with Gasteiger partial charge in [-0.2, -0.15) is 0 Å². The molecular formula is C13H17NO. The highest BCUT2D eigenvalue weighted by molar-refractivity contribution is 5.43. The number of benzene rings is 1. The number of aryl methyl sites for hydroxylation is 1. The fourth-order valence-electron chi connectivity index (χ4n) is 2.25. The molecule has 2 aliphatic carbocycles. The zero-order valence-electron chi connectivity index (χ0n) is 8.96. The van der Waals surface area contributed by atoms with Gasteiger partial charge in [-0.25, -0.2) is 0 Å². The Bertz CT molecular complexity index is 382. The molecule has 1 aromatic carbocycles. The fraction of sp³-hybridized carbons (Fsp3) is 0.538. The lowest BCUT2D eigenvalue weighted by molar-refractivity contribution is 0.277. The number of ether oxygens (including phenoxy) is 1. The maximum Gasteiger partial charge on any atom is 0.122 e. The first-order valence-electron chi connectivity index (χ1n) is 5.79. The van der Waals surface area contributed by atoms with Gasteiger partial charge in [-0.1, -0.05) is 12.1 Å². The van der Waals surface area contributed by atoms with E-state index in [0.29, 0.717) is 6.61 Å². The van der Waals surface area contributed by atoms with Crippen molar-refractivity contribution in [2.45, 2.75) is 37.6 Å². The summed E-state index contributed by atoms with van der Waals surface area (Å²) in [4.78, 5) is 0. The first kappa shape index (κ1) is 9.22. The summed E-state index contributed by atoms with van der Waals surface area (Å²) >= 11 is 0. The van der Waals surface area contributed by atoms with E-state index < -0.39 is 0 Å². The molecule has 80 valence electrons. The summed E-state index contributed by atoms with van der Waals surface area (Å²) in [5.74, 6) is 1.07. The maximum absolute atomic E-state index is 6.01. The van der Waals surface area contributed by atoms with Crippen LogP contribution < -0.4 is 10.5 Å². The van der Waals surface area contributed by atoms with Gasteiger partial charge in [-0.15, -0.1) is 0 Å². The normalized spacial score (nSPS) is 21.1. The van der Waals surface area contributed by atoms with Gasteiger partial charge in [0.05, 0.1) is 5.54 Å². The summed E-state index contributed by atoms with van der Waals surface area (Å²) in [5.41, 5.74) is 8.89. The van der Waals surface area contributed by atoms with E-state index in [0.717, 1.165) is 18.6 Å². The van der Waals surface area contributed by atoms with Gasteiger partial charge in [-0.3, -0.25) is 0 Å². The minimum atomic E-state index is -0.0126. The Morgan fingerprint density at radius 3 is 2.93 bits per heavy atom. The van der Waals surface area contributed by atoms with Crippen molar-refractivity contribution in [3.63, 3.8) is 0 Å². The van der Waals surface area contributed by atoms with E-state index in [1.54, 1.807) is 0 Å². The molecule has 0 unspecified atom stereocenters. The smallest absolute Gasteiger partial charge is 0.122 e. The first-order valence-corrected chi connectivity index (χ1v) is 5.79. The topological polar surface area (TPSA) is 35.2 Å². The van der Waals surface area contributed by atoms with Crippen molar-refractivity contribution in [2.24, 2.45) is 5.73 Å². The molecule has 15 heavy (non-hydrogen) atoms. The predicted molar refractivity (Wildman–Crippen MR) is 60.1 cm³/mol. The van der Waals surface area contributed by atoms with Crippen LogP contribution in [0.2, 0.25) is 0 Å². The van der Waals surface area contributed by atoms with Gasteiger partial charge in [0.1, 0.15) is 12.4 Å². The van der Waals surface area contributed by atoms with E-state index in [1.165, 1.54) is 30.4 Å². The molecule has 3 rings (SSSR count). The Balaban J connectivity index is 1.77. The summed E-state index contributed by atoms with van der Waals surface area (Å²) in [6, 6.07) is 6.38. The molecule has 2 nitrogen and oxygen atoms in total. The van der Waals surface area contributed by atoms with Crippen LogP contribution in [0.3, 0.4) is 0 Å². The summed E-state index contributed by atoms with van der Waals surface area (Å²) in [6.45, 7) is 0.684. The average molecular weight is 203 g/mol. The summed E-state index contributed by atoms with van der Waals surface area (Å²) in [7, 11) is 0. The lowest BCUT2D eigenvalue weighted by Gasteiger charge is -2.14. The van der Waals surface area contributed by atoms with E-state index in [1.807, 2.05) is 0 Å². The second-order valence-corrected chi connectivity index (χ2v) is 4.90. The van der Waals surface area contributed by atoms with Crippen LogP contribution in [0.4, 0.5) is 0 Å². The Kier molecular flexibility index (Phi) is 1.99. The lowest BCUT2D eigenvalue weighted by Crippen LogP contribution is -2.29. The van der Waals surface area contributed by atoms with Crippen molar-refractivity contribution >= 4 is 0 Å². The molecule has 0 radical (unpaired) electrons. The molecule has 2 heteroatoms. The fourth-order valence-corrected chi connectivity index (χ4v) is 2.25. The molecule has 1 aromatic rings. The monoisotopic (exact) mass is 203 g/mol. The van der Waals surface area contributed by atoms with Crippen molar-refractivity contribution in [2.75, 3.05) is 6.61 Å². The minimum absolute atomic E-state index is 0.0126. The second-order valence-electron chi connectivity index (χ2n) is 4.90. The van der Waals surface area contributed by atoms with Crippen LogP contribution in [0.25, 0.3) is 0 Å². The van der Waals surface area contributed by atoms with Crippen LogP contribution in [0.1, 0.15) is 30.4 Å². The molecule has 1 saturated carbocycles. The maximum atomic E-state index is 6.01. The van der Waals surface area contributed by atoms with Crippen molar-refractivity contribution in [3.8, 4) is 5.75 Å². The zero-order valence-corrected chi connectivity index (χ0v) is 8.96. The van der Waals surface area contributed by atoms with Gasteiger partial charge in [0.25, 0.3) is 0 Å². The van der Waals surface area contributed by atoms with Gasteiger partial charge in [0, 0.05) is 0 Å². The van der Waals surface area contributed by atoms with E-state index in [9.17, 15) is 0 Å². The Hall–Kier alpha value is -1.02. The lowest BCUT2D eigenvalue weighted by atomic mass is 10.1. The van der Waals surface area contributed by atoms with Crippen molar-refractivity contribution < 1.29 is 4.74 Å². The molecule has 0 amide bonds. The van der Waals surface area contributed by atoms with Crippen LogP contribution in [0.5, 0.6) is 5.75 Å². The van der Waals surface area contributed by atoms with Gasteiger partial charge < -0.3 is 10.5 Å². The van der Waals surface area contributed by atoms with E-state index in [2.05, 4.69) is 18.2 Å². The van der Waals surface area contributed by atoms with Crippen LogP contribution in [0.15, 0.2) is 18.2 Å². The van der Waals surface area contributed by atoms with Crippen molar-refractivity contribution in [1.29, 1.82) is 0 Å². The quantitative estimate of drug-likeness (QED) is 0.816. The molecule has 0 spiro atoms. The number of hydrogen-bond acceptors (Lipinski definition) is 2. The molecule has 2 N–H and O–H groups in total. The van der Waals surface area contributed by atoms with Crippen molar-refractivity contribution in [1.82, 2.24) is 0 Å². The van der Waals surface area contributed by atoms with E-state index >= 15 is 0 Å². The highest BCUT2D eigenvalue weighted by Gasteiger charge is 2.39. The summed E-state index contributed by atoms with van der Waals surface area (Å²) < 4.78 is 5.85.